The molecule has 0 aliphatic rings. The zero-order chi connectivity index (χ0) is 13.0. The molecular weight excluding hydrogens is 226 g/mol. The monoisotopic (exact) mass is 239 g/mol. The van der Waals surface area contributed by atoms with Crippen molar-refractivity contribution in [3.63, 3.8) is 0 Å². The predicted molar refractivity (Wildman–Crippen MR) is 70.7 cm³/mol. The van der Waals surface area contributed by atoms with Crippen LogP contribution in [0.5, 0.6) is 0 Å². The molecule has 4 nitrogen and oxygen atoms in total. The van der Waals surface area contributed by atoms with E-state index >= 15 is 0 Å². The van der Waals surface area contributed by atoms with Gasteiger partial charge in [0.1, 0.15) is 0 Å². The van der Waals surface area contributed by atoms with E-state index in [4.69, 9.17) is 5.73 Å². The van der Waals surface area contributed by atoms with Gasteiger partial charge in [0.25, 0.3) is 5.91 Å². The Morgan fingerprint density at radius 3 is 2.61 bits per heavy atom. The molecule has 18 heavy (non-hydrogen) atoms. The van der Waals surface area contributed by atoms with Gasteiger partial charge in [-0.15, -0.1) is 0 Å². The molecule has 0 bridgehead atoms. The summed E-state index contributed by atoms with van der Waals surface area (Å²) in [5, 5.41) is 0. The SMILES string of the molecule is C/C=C\c1nc(-c2ccccc2)ncc1C(N)=O. The second-order valence-corrected chi connectivity index (χ2v) is 3.72. The number of nitrogens with two attached hydrogens (primary N) is 1. The first kappa shape index (κ1) is 12.0. The Hall–Kier alpha value is -2.49. The van der Waals surface area contributed by atoms with Crippen molar-refractivity contribution < 1.29 is 4.79 Å². The average molecular weight is 239 g/mol. The van der Waals surface area contributed by atoms with Gasteiger partial charge in [0, 0.05) is 11.8 Å². The topological polar surface area (TPSA) is 68.9 Å². The summed E-state index contributed by atoms with van der Waals surface area (Å²) < 4.78 is 0. The Kier molecular flexibility index (Phi) is 3.48. The molecule has 1 heterocycles. The minimum atomic E-state index is -0.525. The predicted octanol–water partition coefficient (Wildman–Crippen LogP) is 2.28. The van der Waals surface area contributed by atoms with E-state index in [0.29, 0.717) is 17.1 Å². The molecule has 0 spiro atoms. The molecule has 1 aromatic heterocycles. The molecule has 2 aromatic rings. The zero-order valence-corrected chi connectivity index (χ0v) is 10.00. The van der Waals surface area contributed by atoms with E-state index in [1.807, 2.05) is 43.3 Å². The van der Waals surface area contributed by atoms with Crippen LogP contribution < -0.4 is 5.73 Å². The highest BCUT2D eigenvalue weighted by Crippen LogP contribution is 2.16. The fourth-order valence-electron chi connectivity index (χ4n) is 1.60. The lowest BCUT2D eigenvalue weighted by molar-refractivity contribution is 0.0999. The average Bonchev–Trinajstić information content (AvgIpc) is 2.40. The first-order chi connectivity index (χ1) is 8.72. The van der Waals surface area contributed by atoms with Crippen molar-refractivity contribution in [1.82, 2.24) is 9.97 Å². The van der Waals surface area contributed by atoms with Crippen molar-refractivity contribution in [2.75, 3.05) is 0 Å². The zero-order valence-electron chi connectivity index (χ0n) is 10.00. The van der Waals surface area contributed by atoms with E-state index in [0.717, 1.165) is 5.56 Å². The van der Waals surface area contributed by atoms with Crippen LogP contribution in [0, 0.1) is 0 Å². The van der Waals surface area contributed by atoms with Gasteiger partial charge < -0.3 is 5.73 Å². The smallest absolute Gasteiger partial charge is 0.252 e. The fraction of sp³-hybridized carbons (Fsp3) is 0.0714. The van der Waals surface area contributed by atoms with E-state index in [1.165, 1.54) is 6.20 Å². The molecule has 4 heteroatoms. The van der Waals surface area contributed by atoms with Crippen LogP contribution in [0.2, 0.25) is 0 Å². The van der Waals surface area contributed by atoms with Gasteiger partial charge in [0.2, 0.25) is 0 Å². The van der Waals surface area contributed by atoms with Crippen LogP contribution in [0.15, 0.2) is 42.6 Å². The molecule has 2 N–H and O–H groups in total. The number of carbonyl (C=O) groups is 1. The molecule has 0 fully saturated rings. The molecule has 1 aromatic carbocycles. The maximum atomic E-state index is 11.3. The van der Waals surface area contributed by atoms with E-state index in [9.17, 15) is 4.79 Å². The minimum Gasteiger partial charge on any atom is -0.365 e. The summed E-state index contributed by atoms with van der Waals surface area (Å²) in [6.07, 6.45) is 5.02. The number of nitrogens with zero attached hydrogens (tertiary/aromatic N) is 2. The summed E-state index contributed by atoms with van der Waals surface area (Å²) in [4.78, 5) is 19.8. The highest BCUT2D eigenvalue weighted by atomic mass is 16.1. The third-order valence-corrected chi connectivity index (χ3v) is 2.44. The van der Waals surface area contributed by atoms with Crippen molar-refractivity contribution in [3.8, 4) is 11.4 Å². The van der Waals surface area contributed by atoms with Gasteiger partial charge >= 0.3 is 0 Å². The molecule has 1 amide bonds. The Morgan fingerprint density at radius 1 is 1.28 bits per heavy atom. The summed E-state index contributed by atoms with van der Waals surface area (Å²) in [5.74, 6) is 0.0522. The molecule has 0 aliphatic heterocycles. The lowest BCUT2D eigenvalue weighted by atomic mass is 10.1. The Bertz CT molecular complexity index is 591. The number of carbonyl (C=O) groups excluding carboxylic acids is 1. The highest BCUT2D eigenvalue weighted by molar-refractivity contribution is 5.95. The van der Waals surface area contributed by atoms with Crippen LogP contribution in [-0.4, -0.2) is 15.9 Å². The van der Waals surface area contributed by atoms with Gasteiger partial charge in [-0.05, 0) is 13.0 Å². The van der Waals surface area contributed by atoms with Gasteiger partial charge in [-0.25, -0.2) is 9.97 Å². The summed E-state index contributed by atoms with van der Waals surface area (Å²) >= 11 is 0. The molecule has 90 valence electrons. The van der Waals surface area contributed by atoms with E-state index in [-0.39, 0.29) is 0 Å². The number of aromatic nitrogens is 2. The van der Waals surface area contributed by atoms with Crippen molar-refractivity contribution in [2.24, 2.45) is 5.73 Å². The van der Waals surface area contributed by atoms with E-state index in [2.05, 4.69) is 9.97 Å². The van der Waals surface area contributed by atoms with Gasteiger partial charge in [0.15, 0.2) is 5.82 Å². The van der Waals surface area contributed by atoms with Crippen LogP contribution in [0.4, 0.5) is 0 Å². The first-order valence-corrected chi connectivity index (χ1v) is 5.57. The van der Waals surface area contributed by atoms with Gasteiger partial charge in [-0.3, -0.25) is 4.79 Å². The number of primary amides is 1. The molecular formula is C14H13N3O. The quantitative estimate of drug-likeness (QED) is 0.893. The second-order valence-electron chi connectivity index (χ2n) is 3.72. The summed E-state index contributed by atoms with van der Waals surface area (Å²) in [5.41, 5.74) is 7.05. The van der Waals surface area contributed by atoms with Crippen LogP contribution in [0.3, 0.4) is 0 Å². The molecule has 2 rings (SSSR count). The number of benzene rings is 1. The largest absolute Gasteiger partial charge is 0.365 e. The second kappa shape index (κ2) is 5.23. The van der Waals surface area contributed by atoms with Crippen LogP contribution in [0.25, 0.3) is 17.5 Å². The first-order valence-electron chi connectivity index (χ1n) is 5.57. The lowest BCUT2D eigenvalue weighted by Gasteiger charge is -2.04. The van der Waals surface area contributed by atoms with Gasteiger partial charge in [-0.1, -0.05) is 36.4 Å². The third-order valence-electron chi connectivity index (χ3n) is 2.44. The molecule has 0 saturated carbocycles. The minimum absolute atomic E-state index is 0.327. The van der Waals surface area contributed by atoms with Crippen molar-refractivity contribution >= 4 is 12.0 Å². The molecule has 0 saturated heterocycles. The Labute approximate surface area is 105 Å². The number of hydrogen-bond donors (Lipinski definition) is 1. The molecule has 0 unspecified atom stereocenters. The maximum absolute atomic E-state index is 11.3. The fourth-order valence-corrected chi connectivity index (χ4v) is 1.60. The summed E-state index contributed by atoms with van der Waals surface area (Å²) in [6, 6.07) is 9.58. The van der Waals surface area contributed by atoms with Crippen molar-refractivity contribution in [3.05, 3.63) is 53.9 Å². The van der Waals surface area contributed by atoms with Gasteiger partial charge in [0.05, 0.1) is 11.3 Å². The third kappa shape index (κ3) is 2.43. The molecule has 0 aliphatic carbocycles. The van der Waals surface area contributed by atoms with Crippen molar-refractivity contribution in [2.45, 2.75) is 6.92 Å². The van der Waals surface area contributed by atoms with Crippen LogP contribution >= 0.6 is 0 Å². The number of hydrogen-bond acceptors (Lipinski definition) is 3. The number of rotatable bonds is 3. The normalized spacial score (nSPS) is 10.7. The molecule has 0 atom stereocenters. The lowest BCUT2D eigenvalue weighted by Crippen LogP contribution is -2.14. The Morgan fingerprint density at radius 2 is 2.00 bits per heavy atom. The highest BCUT2D eigenvalue weighted by Gasteiger charge is 2.10. The summed E-state index contributed by atoms with van der Waals surface area (Å²) in [6.45, 7) is 1.86. The van der Waals surface area contributed by atoms with Crippen LogP contribution in [-0.2, 0) is 0 Å². The number of amides is 1. The van der Waals surface area contributed by atoms with E-state index in [1.54, 1.807) is 6.08 Å². The Balaban J connectivity index is 2.53. The standard InChI is InChI=1S/C14H13N3O/c1-2-6-12-11(13(15)18)9-16-14(17-12)10-7-4-3-5-8-10/h2-9H,1H3,(H2,15,18)/b6-2-. The maximum Gasteiger partial charge on any atom is 0.252 e. The van der Waals surface area contributed by atoms with Crippen LogP contribution in [0.1, 0.15) is 23.0 Å². The molecule has 0 radical (unpaired) electrons. The number of allylic oxidation sites excluding steroid dienone is 1. The van der Waals surface area contributed by atoms with Crippen molar-refractivity contribution in [1.29, 1.82) is 0 Å². The summed E-state index contributed by atoms with van der Waals surface area (Å²) in [7, 11) is 0. The van der Waals surface area contributed by atoms with E-state index < -0.39 is 5.91 Å². The van der Waals surface area contributed by atoms with Gasteiger partial charge in [-0.2, -0.15) is 0 Å².